The van der Waals surface area contributed by atoms with Gasteiger partial charge in [0.15, 0.2) is 0 Å². The predicted octanol–water partition coefficient (Wildman–Crippen LogP) is 1.41. The third-order valence-corrected chi connectivity index (χ3v) is 2.39. The first-order chi connectivity index (χ1) is 6.57. The highest BCUT2D eigenvalue weighted by atomic mass is 32.1. The van der Waals surface area contributed by atoms with E-state index in [9.17, 15) is 0 Å². The number of nitrogens with zero attached hydrogens (tertiary/aromatic N) is 1. The molecular weight excluding hydrogens is 196 g/mol. The van der Waals surface area contributed by atoms with Gasteiger partial charge in [-0.15, -0.1) is 0 Å². The summed E-state index contributed by atoms with van der Waals surface area (Å²) in [4.78, 5) is 2.99. The van der Waals surface area contributed by atoms with E-state index in [2.05, 4.69) is 18.7 Å². The van der Waals surface area contributed by atoms with Gasteiger partial charge >= 0.3 is 0 Å². The van der Waals surface area contributed by atoms with E-state index in [-0.39, 0.29) is 0 Å². The molecule has 0 spiro atoms. The molecule has 0 atom stereocenters. The van der Waals surface area contributed by atoms with Crippen LogP contribution in [-0.4, -0.2) is 42.7 Å². The van der Waals surface area contributed by atoms with Gasteiger partial charge in [-0.2, -0.15) is 0 Å². The van der Waals surface area contributed by atoms with Crippen LogP contribution in [0.3, 0.4) is 0 Å². The lowest BCUT2D eigenvalue weighted by Crippen LogP contribution is -2.35. The lowest BCUT2D eigenvalue weighted by Gasteiger charge is -2.25. The molecule has 0 rings (SSSR count). The molecule has 0 aromatic heterocycles. The first kappa shape index (κ1) is 13.8. The molecule has 14 heavy (non-hydrogen) atoms. The molecule has 0 saturated heterocycles. The minimum atomic E-state index is 0.552. The summed E-state index contributed by atoms with van der Waals surface area (Å²) in [5, 5.41) is 0. The number of hydrogen-bond acceptors (Lipinski definition) is 3. The Balaban J connectivity index is 3.67. The number of hydrogen-bond donors (Lipinski definition) is 1. The quantitative estimate of drug-likeness (QED) is 0.625. The van der Waals surface area contributed by atoms with Gasteiger partial charge in [0.25, 0.3) is 0 Å². The summed E-state index contributed by atoms with van der Waals surface area (Å²) in [6, 6.07) is 0.552. The van der Waals surface area contributed by atoms with Crippen molar-refractivity contribution in [3.05, 3.63) is 0 Å². The molecule has 0 fully saturated rings. The van der Waals surface area contributed by atoms with Gasteiger partial charge in [-0.1, -0.05) is 12.2 Å². The molecule has 2 N–H and O–H groups in total. The lowest BCUT2D eigenvalue weighted by molar-refractivity contribution is 0.129. The number of methoxy groups -OCH3 is 1. The second-order valence-electron chi connectivity index (χ2n) is 3.69. The van der Waals surface area contributed by atoms with Crippen LogP contribution in [0.25, 0.3) is 0 Å². The maximum absolute atomic E-state index is 5.44. The molecule has 0 aliphatic carbocycles. The molecule has 3 nitrogen and oxygen atoms in total. The molecule has 84 valence electrons. The summed E-state index contributed by atoms with van der Waals surface area (Å²) in [6.07, 6.45) is 1.88. The molecule has 0 radical (unpaired) electrons. The van der Waals surface area contributed by atoms with Crippen LogP contribution in [0, 0.1) is 0 Å². The zero-order chi connectivity index (χ0) is 11.0. The molecular formula is C10H22N2OS. The third-order valence-electron chi connectivity index (χ3n) is 2.18. The van der Waals surface area contributed by atoms with Crippen LogP contribution >= 0.6 is 12.2 Å². The summed E-state index contributed by atoms with van der Waals surface area (Å²) in [5.74, 6) is 0. The molecule has 4 heteroatoms. The van der Waals surface area contributed by atoms with Gasteiger partial charge < -0.3 is 10.5 Å². The second-order valence-corrected chi connectivity index (χ2v) is 4.22. The fourth-order valence-electron chi connectivity index (χ4n) is 1.29. The zero-order valence-electron chi connectivity index (χ0n) is 9.45. The van der Waals surface area contributed by atoms with E-state index in [1.807, 2.05) is 0 Å². The van der Waals surface area contributed by atoms with Gasteiger partial charge in [0.05, 0.1) is 11.6 Å². The van der Waals surface area contributed by atoms with Crippen molar-refractivity contribution in [2.24, 2.45) is 5.73 Å². The highest BCUT2D eigenvalue weighted by Gasteiger charge is 2.08. The van der Waals surface area contributed by atoms with E-state index in [4.69, 9.17) is 22.7 Å². The van der Waals surface area contributed by atoms with E-state index in [1.54, 1.807) is 7.11 Å². The Kier molecular flexibility index (Phi) is 8.04. The Hall–Kier alpha value is -0.190. The van der Waals surface area contributed by atoms with Crippen molar-refractivity contribution in [1.82, 2.24) is 4.90 Å². The van der Waals surface area contributed by atoms with Crippen LogP contribution in [-0.2, 0) is 4.74 Å². The van der Waals surface area contributed by atoms with Crippen molar-refractivity contribution in [2.75, 3.05) is 26.8 Å². The minimum absolute atomic E-state index is 0.552. The molecule has 0 aliphatic heterocycles. The predicted molar refractivity (Wildman–Crippen MR) is 64.6 cm³/mol. The van der Waals surface area contributed by atoms with Crippen molar-refractivity contribution in [2.45, 2.75) is 32.7 Å². The van der Waals surface area contributed by atoms with Crippen molar-refractivity contribution in [3.63, 3.8) is 0 Å². The topological polar surface area (TPSA) is 38.5 Å². The minimum Gasteiger partial charge on any atom is -0.393 e. The highest BCUT2D eigenvalue weighted by molar-refractivity contribution is 7.80. The largest absolute Gasteiger partial charge is 0.393 e. The van der Waals surface area contributed by atoms with E-state index >= 15 is 0 Å². The maximum atomic E-state index is 5.44. The SMILES string of the molecule is COCCN(CCCC(N)=S)C(C)C. The number of thiocarbonyl (C=S) groups is 1. The van der Waals surface area contributed by atoms with Gasteiger partial charge in [0.2, 0.25) is 0 Å². The van der Waals surface area contributed by atoms with Crippen LogP contribution in [0.15, 0.2) is 0 Å². The van der Waals surface area contributed by atoms with Crippen molar-refractivity contribution < 1.29 is 4.74 Å². The normalized spacial score (nSPS) is 11.2. The van der Waals surface area contributed by atoms with Crippen LogP contribution in [0.4, 0.5) is 0 Å². The Morgan fingerprint density at radius 2 is 2.07 bits per heavy atom. The molecule has 0 bridgehead atoms. The Morgan fingerprint density at radius 3 is 2.50 bits per heavy atom. The van der Waals surface area contributed by atoms with Crippen LogP contribution < -0.4 is 5.73 Å². The molecule has 0 aromatic carbocycles. The Bertz CT molecular complexity index is 162. The molecule has 0 aromatic rings. The summed E-state index contributed by atoms with van der Waals surface area (Å²) < 4.78 is 5.06. The van der Waals surface area contributed by atoms with E-state index in [0.29, 0.717) is 11.0 Å². The lowest BCUT2D eigenvalue weighted by atomic mass is 10.2. The van der Waals surface area contributed by atoms with Crippen molar-refractivity contribution in [3.8, 4) is 0 Å². The van der Waals surface area contributed by atoms with E-state index in [1.165, 1.54) is 0 Å². The number of ether oxygens (including phenoxy) is 1. The van der Waals surface area contributed by atoms with Gasteiger partial charge in [-0.25, -0.2) is 0 Å². The average molecular weight is 218 g/mol. The van der Waals surface area contributed by atoms with Gasteiger partial charge in [-0.05, 0) is 33.2 Å². The first-order valence-electron chi connectivity index (χ1n) is 5.09. The summed E-state index contributed by atoms with van der Waals surface area (Å²) in [5.41, 5.74) is 5.44. The fraction of sp³-hybridized carbons (Fsp3) is 0.900. The van der Waals surface area contributed by atoms with E-state index in [0.717, 1.165) is 32.5 Å². The monoisotopic (exact) mass is 218 g/mol. The number of rotatable bonds is 8. The number of nitrogens with two attached hydrogens (primary N) is 1. The smallest absolute Gasteiger partial charge is 0.0727 e. The molecule has 0 amide bonds. The zero-order valence-corrected chi connectivity index (χ0v) is 10.3. The summed E-state index contributed by atoms with van der Waals surface area (Å²) in [6.45, 7) is 7.18. The standard InChI is InChI=1S/C10H22N2OS/c1-9(2)12(7-8-13-3)6-4-5-10(11)14/h9H,4-8H2,1-3H3,(H2,11,14). The highest BCUT2D eigenvalue weighted by Crippen LogP contribution is 2.01. The van der Waals surface area contributed by atoms with Crippen LogP contribution in [0.5, 0.6) is 0 Å². The Labute approximate surface area is 92.6 Å². The van der Waals surface area contributed by atoms with E-state index < -0.39 is 0 Å². The van der Waals surface area contributed by atoms with Gasteiger partial charge in [0, 0.05) is 19.7 Å². The summed E-state index contributed by atoms with van der Waals surface area (Å²) in [7, 11) is 1.73. The summed E-state index contributed by atoms with van der Waals surface area (Å²) >= 11 is 4.84. The van der Waals surface area contributed by atoms with Gasteiger partial charge in [0.1, 0.15) is 0 Å². The fourth-order valence-corrected chi connectivity index (χ4v) is 1.44. The maximum Gasteiger partial charge on any atom is 0.0727 e. The first-order valence-corrected chi connectivity index (χ1v) is 5.50. The molecule has 0 unspecified atom stereocenters. The van der Waals surface area contributed by atoms with Gasteiger partial charge in [-0.3, -0.25) is 4.90 Å². The van der Waals surface area contributed by atoms with Crippen LogP contribution in [0.1, 0.15) is 26.7 Å². The van der Waals surface area contributed by atoms with Crippen molar-refractivity contribution >= 4 is 17.2 Å². The molecule has 0 saturated carbocycles. The second kappa shape index (κ2) is 8.15. The Morgan fingerprint density at radius 1 is 1.43 bits per heavy atom. The van der Waals surface area contributed by atoms with Crippen molar-refractivity contribution in [1.29, 1.82) is 0 Å². The molecule has 0 heterocycles. The molecule has 0 aliphatic rings. The van der Waals surface area contributed by atoms with Crippen LogP contribution in [0.2, 0.25) is 0 Å². The third kappa shape index (κ3) is 7.24. The average Bonchev–Trinajstić information content (AvgIpc) is 2.09.